The molecule has 0 amide bonds. The van der Waals surface area contributed by atoms with Crippen molar-refractivity contribution in [2.75, 3.05) is 5.73 Å². The van der Waals surface area contributed by atoms with Crippen LogP contribution in [0.1, 0.15) is 18.9 Å². The predicted molar refractivity (Wildman–Crippen MR) is 79.6 cm³/mol. The topological polar surface area (TPSA) is 74.2 Å². The average molecular weight is 281 g/mol. The third-order valence-corrected chi connectivity index (χ3v) is 3.04. The molecule has 3 aromatic rings. The second kappa shape index (κ2) is 5.66. The Morgan fingerprint density at radius 2 is 1.71 bits per heavy atom. The molecule has 0 saturated heterocycles. The Hall–Kier alpha value is -2.82. The van der Waals surface area contributed by atoms with E-state index in [0.29, 0.717) is 17.5 Å². The molecule has 1 heterocycles. The highest BCUT2D eigenvalue weighted by Gasteiger charge is 2.17. The van der Waals surface area contributed by atoms with E-state index in [1.54, 1.807) is 6.07 Å². The molecule has 0 fully saturated rings. The van der Waals surface area contributed by atoms with Gasteiger partial charge in [0.1, 0.15) is 5.75 Å². The molecular weight excluding hydrogens is 266 g/mol. The third kappa shape index (κ3) is 2.86. The maximum absolute atomic E-state index is 5.90. The van der Waals surface area contributed by atoms with Gasteiger partial charge in [0.05, 0.1) is 5.56 Å². The van der Waals surface area contributed by atoms with E-state index in [-0.39, 0.29) is 6.10 Å². The molecule has 2 aromatic carbocycles. The van der Waals surface area contributed by atoms with Crippen LogP contribution >= 0.6 is 0 Å². The van der Waals surface area contributed by atoms with Gasteiger partial charge in [-0.1, -0.05) is 30.3 Å². The molecule has 0 aliphatic heterocycles. The highest BCUT2D eigenvalue weighted by molar-refractivity contribution is 5.69. The van der Waals surface area contributed by atoms with Crippen LogP contribution in [0.2, 0.25) is 0 Å². The normalized spacial score (nSPS) is 12.0. The Labute approximate surface area is 122 Å². The van der Waals surface area contributed by atoms with Crippen LogP contribution in [0.5, 0.6) is 5.75 Å². The second-order valence-electron chi connectivity index (χ2n) is 4.61. The van der Waals surface area contributed by atoms with E-state index in [1.807, 2.05) is 55.5 Å². The molecular formula is C16H15N3O2. The first-order valence-electron chi connectivity index (χ1n) is 6.64. The molecule has 5 nitrogen and oxygen atoms in total. The highest BCUT2D eigenvalue weighted by atomic mass is 16.5. The van der Waals surface area contributed by atoms with Crippen molar-refractivity contribution in [1.82, 2.24) is 10.2 Å². The third-order valence-electron chi connectivity index (χ3n) is 3.04. The van der Waals surface area contributed by atoms with Gasteiger partial charge in [0, 0.05) is 5.69 Å². The number of anilines is 1. The van der Waals surface area contributed by atoms with Crippen molar-refractivity contribution < 1.29 is 9.15 Å². The number of ether oxygens (including phenoxy) is 1. The number of benzene rings is 2. The molecule has 106 valence electrons. The summed E-state index contributed by atoms with van der Waals surface area (Å²) in [5, 5.41) is 8.07. The smallest absolute Gasteiger partial charge is 0.257 e. The Balaban J connectivity index is 1.80. The zero-order chi connectivity index (χ0) is 14.7. The van der Waals surface area contributed by atoms with Gasteiger partial charge in [-0.15, -0.1) is 10.2 Å². The van der Waals surface area contributed by atoms with E-state index in [2.05, 4.69) is 10.2 Å². The summed E-state index contributed by atoms with van der Waals surface area (Å²) in [6.07, 6.45) is -0.335. The van der Waals surface area contributed by atoms with Crippen LogP contribution in [-0.2, 0) is 0 Å². The van der Waals surface area contributed by atoms with E-state index in [0.717, 1.165) is 11.3 Å². The largest absolute Gasteiger partial charge is 0.481 e. The lowest BCUT2D eigenvalue weighted by Crippen LogP contribution is -2.03. The summed E-state index contributed by atoms with van der Waals surface area (Å²) in [5.74, 6) is 1.56. The summed E-state index contributed by atoms with van der Waals surface area (Å²) in [7, 11) is 0. The molecule has 1 unspecified atom stereocenters. The van der Waals surface area contributed by atoms with Gasteiger partial charge in [-0.2, -0.15) is 0 Å². The molecule has 0 saturated carbocycles. The van der Waals surface area contributed by atoms with Crippen molar-refractivity contribution in [2.45, 2.75) is 13.0 Å². The SMILES string of the molecule is CC(Oc1ccccc1)c1nnc(-c2ccccc2N)o1. The summed E-state index contributed by atoms with van der Waals surface area (Å²) in [5.41, 5.74) is 7.23. The van der Waals surface area contributed by atoms with Crippen molar-refractivity contribution in [2.24, 2.45) is 0 Å². The van der Waals surface area contributed by atoms with Crippen LogP contribution in [0, 0.1) is 0 Å². The van der Waals surface area contributed by atoms with Gasteiger partial charge in [0.25, 0.3) is 5.89 Å². The van der Waals surface area contributed by atoms with E-state index >= 15 is 0 Å². The Morgan fingerprint density at radius 3 is 2.48 bits per heavy atom. The number of hydrogen-bond donors (Lipinski definition) is 1. The summed E-state index contributed by atoms with van der Waals surface area (Å²) < 4.78 is 11.4. The molecule has 1 aromatic heterocycles. The number of nitrogen functional groups attached to an aromatic ring is 1. The highest BCUT2D eigenvalue weighted by Crippen LogP contribution is 2.27. The van der Waals surface area contributed by atoms with E-state index in [9.17, 15) is 0 Å². The van der Waals surface area contributed by atoms with Crippen LogP contribution in [0.15, 0.2) is 59.0 Å². The summed E-state index contributed by atoms with van der Waals surface area (Å²) in [6, 6.07) is 16.9. The number of aromatic nitrogens is 2. The zero-order valence-electron chi connectivity index (χ0n) is 11.6. The van der Waals surface area contributed by atoms with Crippen LogP contribution in [-0.4, -0.2) is 10.2 Å². The van der Waals surface area contributed by atoms with Crippen molar-refractivity contribution >= 4 is 5.69 Å². The molecule has 3 rings (SSSR count). The minimum absolute atomic E-state index is 0.335. The number of rotatable bonds is 4. The molecule has 0 radical (unpaired) electrons. The molecule has 5 heteroatoms. The zero-order valence-corrected chi connectivity index (χ0v) is 11.6. The Morgan fingerprint density at radius 1 is 1.00 bits per heavy atom. The van der Waals surface area contributed by atoms with Crippen LogP contribution in [0.4, 0.5) is 5.69 Å². The number of hydrogen-bond acceptors (Lipinski definition) is 5. The summed E-state index contributed by atoms with van der Waals surface area (Å²) >= 11 is 0. The maximum Gasteiger partial charge on any atom is 0.257 e. The average Bonchev–Trinajstić information content (AvgIpc) is 2.98. The fraction of sp³-hybridized carbons (Fsp3) is 0.125. The van der Waals surface area contributed by atoms with Crippen LogP contribution < -0.4 is 10.5 Å². The Bertz CT molecular complexity index is 725. The van der Waals surface area contributed by atoms with Gasteiger partial charge in [-0.25, -0.2) is 0 Å². The first kappa shape index (κ1) is 13.2. The van der Waals surface area contributed by atoms with Crippen molar-refractivity contribution in [3.63, 3.8) is 0 Å². The molecule has 1 atom stereocenters. The standard InChI is InChI=1S/C16H15N3O2/c1-11(20-12-7-3-2-4-8-12)15-18-19-16(21-15)13-9-5-6-10-14(13)17/h2-11H,17H2,1H3. The lowest BCUT2D eigenvalue weighted by molar-refractivity contribution is 0.189. The van der Waals surface area contributed by atoms with E-state index < -0.39 is 0 Å². The molecule has 0 spiro atoms. The van der Waals surface area contributed by atoms with Crippen LogP contribution in [0.25, 0.3) is 11.5 Å². The summed E-state index contributed by atoms with van der Waals surface area (Å²) in [6.45, 7) is 1.86. The number of nitrogens with two attached hydrogens (primary N) is 1. The lowest BCUT2D eigenvalue weighted by Gasteiger charge is -2.10. The molecule has 0 aliphatic rings. The molecule has 0 aliphatic carbocycles. The van der Waals surface area contributed by atoms with Gasteiger partial charge in [0.2, 0.25) is 5.89 Å². The molecule has 2 N–H and O–H groups in total. The van der Waals surface area contributed by atoms with Gasteiger partial charge in [-0.3, -0.25) is 0 Å². The first-order chi connectivity index (χ1) is 10.2. The van der Waals surface area contributed by atoms with E-state index in [4.69, 9.17) is 14.9 Å². The summed E-state index contributed by atoms with van der Waals surface area (Å²) in [4.78, 5) is 0. The van der Waals surface area contributed by atoms with Gasteiger partial charge >= 0.3 is 0 Å². The first-order valence-corrected chi connectivity index (χ1v) is 6.64. The number of nitrogens with zero attached hydrogens (tertiary/aromatic N) is 2. The fourth-order valence-corrected chi connectivity index (χ4v) is 1.95. The molecule has 0 bridgehead atoms. The quantitative estimate of drug-likeness (QED) is 0.741. The van der Waals surface area contributed by atoms with Crippen molar-refractivity contribution in [3.05, 3.63) is 60.5 Å². The lowest BCUT2D eigenvalue weighted by atomic mass is 10.2. The monoisotopic (exact) mass is 281 g/mol. The van der Waals surface area contributed by atoms with Gasteiger partial charge in [-0.05, 0) is 31.2 Å². The van der Waals surface area contributed by atoms with Crippen molar-refractivity contribution in [1.29, 1.82) is 0 Å². The molecule has 21 heavy (non-hydrogen) atoms. The van der Waals surface area contributed by atoms with Crippen molar-refractivity contribution in [3.8, 4) is 17.2 Å². The number of para-hydroxylation sites is 2. The predicted octanol–water partition coefficient (Wildman–Crippen LogP) is 3.46. The fourth-order valence-electron chi connectivity index (χ4n) is 1.95. The minimum Gasteiger partial charge on any atom is -0.481 e. The van der Waals surface area contributed by atoms with Gasteiger partial charge < -0.3 is 14.9 Å². The van der Waals surface area contributed by atoms with Crippen LogP contribution in [0.3, 0.4) is 0 Å². The van der Waals surface area contributed by atoms with E-state index in [1.165, 1.54) is 0 Å². The Kier molecular flexibility index (Phi) is 3.55. The van der Waals surface area contributed by atoms with Gasteiger partial charge in [0.15, 0.2) is 6.10 Å². The second-order valence-corrected chi connectivity index (χ2v) is 4.61. The maximum atomic E-state index is 5.90. The minimum atomic E-state index is -0.335.